The second-order valence-electron chi connectivity index (χ2n) is 2.39. The van der Waals surface area contributed by atoms with E-state index in [-0.39, 0.29) is 63.3 Å². The maximum absolute atomic E-state index is 10.4. The maximum atomic E-state index is 10.4. The molecule has 0 bridgehead atoms. The first-order valence-corrected chi connectivity index (χ1v) is 3.12. The van der Waals surface area contributed by atoms with E-state index in [0.29, 0.717) is 13.1 Å². The van der Waals surface area contributed by atoms with Crippen molar-refractivity contribution in [3.63, 3.8) is 0 Å². The fraction of sp³-hybridized carbons (Fsp3) is 0.667. The van der Waals surface area contributed by atoms with Gasteiger partial charge >= 0.3 is 51.4 Å². The largest absolute Gasteiger partial charge is 1.00 e. The molecule has 2 amide bonds. The minimum Gasteiger partial charge on any atom is -0.520 e. The van der Waals surface area contributed by atoms with Gasteiger partial charge in [-0.2, -0.15) is 6.41 Å². The van der Waals surface area contributed by atoms with Crippen LogP contribution in [0.1, 0.15) is 6.92 Å². The number of hydrogen-bond acceptors (Lipinski definition) is 2. The predicted octanol–water partition coefficient (Wildman–Crippen LogP) is -4.12. The number of amides is 2. The van der Waals surface area contributed by atoms with Crippen molar-refractivity contribution in [3.05, 3.63) is 0 Å². The standard InChI is InChI=1S/C6H9N2O2.K/c1-5(10)7-6-2-8(3-6)4-9;/h6H,2-3H2,1H3,(H,7,10);/q-1;+1. The number of rotatable bonds is 2. The number of nitrogens with one attached hydrogen (secondary N) is 1. The van der Waals surface area contributed by atoms with Crippen LogP contribution in [-0.4, -0.2) is 36.3 Å². The Labute approximate surface area is 108 Å². The summed E-state index contributed by atoms with van der Waals surface area (Å²) in [5.41, 5.74) is 0. The monoisotopic (exact) mass is 180 g/mol. The minimum atomic E-state index is -0.0458. The number of carbonyl (C=O) groups excluding carboxylic acids is 2. The molecule has 5 heteroatoms. The molecule has 0 atom stereocenters. The zero-order valence-electron chi connectivity index (χ0n) is 6.76. The van der Waals surface area contributed by atoms with E-state index in [1.165, 1.54) is 11.8 Å². The van der Waals surface area contributed by atoms with Crippen molar-refractivity contribution < 1.29 is 61.0 Å². The van der Waals surface area contributed by atoms with Crippen LogP contribution in [0, 0.1) is 0 Å². The molecule has 0 unspecified atom stereocenters. The molecule has 1 saturated heterocycles. The van der Waals surface area contributed by atoms with E-state index in [0.717, 1.165) is 0 Å². The second-order valence-corrected chi connectivity index (χ2v) is 2.39. The van der Waals surface area contributed by atoms with Gasteiger partial charge in [-0.25, -0.2) is 0 Å². The van der Waals surface area contributed by atoms with Gasteiger partial charge in [0.15, 0.2) is 0 Å². The van der Waals surface area contributed by atoms with Crippen LogP contribution in [0.2, 0.25) is 0 Å². The van der Waals surface area contributed by atoms with E-state index in [1.54, 1.807) is 6.41 Å². The van der Waals surface area contributed by atoms with Gasteiger partial charge in [-0.05, 0) is 0 Å². The Morgan fingerprint density at radius 2 is 2.18 bits per heavy atom. The fourth-order valence-electron chi connectivity index (χ4n) is 0.932. The Kier molecular flexibility index (Phi) is 5.54. The molecule has 11 heavy (non-hydrogen) atoms. The third-order valence-corrected chi connectivity index (χ3v) is 1.42. The number of carbonyl (C=O) groups is 1. The molecule has 1 fully saturated rings. The molecule has 0 radical (unpaired) electrons. The average molecular weight is 180 g/mol. The molecule has 0 aromatic rings. The van der Waals surface area contributed by atoms with Crippen LogP contribution in [0.4, 0.5) is 0 Å². The Bertz CT molecular complexity index is 157. The van der Waals surface area contributed by atoms with Crippen LogP contribution in [0.3, 0.4) is 0 Å². The third-order valence-electron chi connectivity index (χ3n) is 1.42. The van der Waals surface area contributed by atoms with Crippen molar-refractivity contribution >= 4 is 12.3 Å². The van der Waals surface area contributed by atoms with Crippen molar-refractivity contribution in [3.8, 4) is 0 Å². The molecule has 0 spiro atoms. The van der Waals surface area contributed by atoms with E-state index in [9.17, 15) is 9.59 Å². The van der Waals surface area contributed by atoms with Crippen LogP contribution in [-0.2, 0) is 9.59 Å². The fourth-order valence-corrected chi connectivity index (χ4v) is 0.932. The van der Waals surface area contributed by atoms with Crippen molar-refractivity contribution in [2.75, 3.05) is 13.1 Å². The smallest absolute Gasteiger partial charge is 0.520 e. The van der Waals surface area contributed by atoms with E-state index < -0.39 is 0 Å². The normalized spacial score (nSPS) is 16.3. The summed E-state index contributed by atoms with van der Waals surface area (Å²) < 4.78 is 0. The molecule has 1 N–H and O–H groups in total. The van der Waals surface area contributed by atoms with Gasteiger partial charge in [0.1, 0.15) is 0 Å². The summed E-state index contributed by atoms with van der Waals surface area (Å²) in [6.45, 7) is 2.67. The summed E-state index contributed by atoms with van der Waals surface area (Å²) in [4.78, 5) is 21.8. The SMILES string of the molecule is CC(=O)NC1CN([C-]=O)C1.[K+]. The summed E-state index contributed by atoms with van der Waals surface area (Å²) in [6.07, 6.45) is 1.74. The molecule has 1 aliphatic rings. The first-order valence-electron chi connectivity index (χ1n) is 3.12. The van der Waals surface area contributed by atoms with Gasteiger partial charge in [-0.1, -0.05) is 0 Å². The number of likely N-dealkylation sites (tertiary alicyclic amines) is 1. The summed E-state index contributed by atoms with van der Waals surface area (Å²) >= 11 is 0. The Hall–Kier alpha value is 0.576. The molecule has 1 rings (SSSR count). The van der Waals surface area contributed by atoms with Crippen molar-refractivity contribution in [1.29, 1.82) is 0 Å². The van der Waals surface area contributed by atoms with Crippen LogP contribution in [0.15, 0.2) is 0 Å². The summed E-state index contributed by atoms with van der Waals surface area (Å²) in [5, 5.41) is 2.68. The van der Waals surface area contributed by atoms with Crippen LogP contribution in [0.25, 0.3) is 0 Å². The van der Waals surface area contributed by atoms with Gasteiger partial charge in [0.25, 0.3) is 0 Å². The average Bonchev–Trinajstić information content (AvgIpc) is 1.76. The Balaban J connectivity index is 0.000001000. The third kappa shape index (κ3) is 3.66. The summed E-state index contributed by atoms with van der Waals surface area (Å²) in [5.74, 6) is -0.0458. The summed E-state index contributed by atoms with van der Waals surface area (Å²) in [7, 11) is 0. The first-order chi connectivity index (χ1) is 4.72. The molecule has 4 nitrogen and oxygen atoms in total. The van der Waals surface area contributed by atoms with Gasteiger partial charge < -0.3 is 15.0 Å². The minimum absolute atomic E-state index is 0. The van der Waals surface area contributed by atoms with Crippen LogP contribution < -0.4 is 56.7 Å². The molecule has 0 saturated carbocycles. The van der Waals surface area contributed by atoms with E-state index in [4.69, 9.17) is 0 Å². The van der Waals surface area contributed by atoms with Crippen molar-refractivity contribution in [2.45, 2.75) is 13.0 Å². The molecule has 0 aromatic carbocycles. The zero-order valence-corrected chi connectivity index (χ0v) is 9.88. The van der Waals surface area contributed by atoms with Gasteiger partial charge in [-0.3, -0.25) is 4.79 Å². The maximum Gasteiger partial charge on any atom is 1.00 e. The quantitative estimate of drug-likeness (QED) is 0.347. The molecule has 56 valence electrons. The molecular formula is C6H9KN2O2. The van der Waals surface area contributed by atoms with Crippen LogP contribution in [0.5, 0.6) is 0 Å². The Morgan fingerprint density at radius 1 is 1.64 bits per heavy atom. The molecule has 1 heterocycles. The zero-order chi connectivity index (χ0) is 7.56. The molecule has 0 aromatic heterocycles. The van der Waals surface area contributed by atoms with E-state index in [1.807, 2.05) is 0 Å². The van der Waals surface area contributed by atoms with E-state index >= 15 is 0 Å². The van der Waals surface area contributed by atoms with Crippen molar-refractivity contribution in [1.82, 2.24) is 10.2 Å². The molecule has 0 aliphatic carbocycles. The Morgan fingerprint density at radius 3 is 2.55 bits per heavy atom. The number of hydrogen-bond donors (Lipinski definition) is 1. The first kappa shape index (κ1) is 11.6. The van der Waals surface area contributed by atoms with Gasteiger partial charge in [0.2, 0.25) is 5.91 Å². The molecule has 1 aliphatic heterocycles. The van der Waals surface area contributed by atoms with E-state index in [2.05, 4.69) is 5.32 Å². The van der Waals surface area contributed by atoms with Gasteiger partial charge in [0, 0.05) is 20.0 Å². The number of nitrogens with zero attached hydrogens (tertiary/aromatic N) is 1. The van der Waals surface area contributed by atoms with Crippen molar-refractivity contribution in [2.24, 2.45) is 0 Å². The van der Waals surface area contributed by atoms with Gasteiger partial charge in [-0.15, -0.1) is 0 Å². The van der Waals surface area contributed by atoms with Crippen LogP contribution >= 0.6 is 0 Å². The van der Waals surface area contributed by atoms with Gasteiger partial charge in [0.05, 0.1) is 6.04 Å². The predicted molar refractivity (Wildman–Crippen MR) is 34.9 cm³/mol. The second kappa shape index (κ2) is 5.26. The molecular weight excluding hydrogens is 171 g/mol. The summed E-state index contributed by atoms with van der Waals surface area (Å²) in [6, 6.07) is 0.152. The topological polar surface area (TPSA) is 49.4 Å².